The Labute approximate surface area is 118 Å². The van der Waals surface area contributed by atoms with Crippen LogP contribution in [0.1, 0.15) is 19.0 Å². The van der Waals surface area contributed by atoms with E-state index < -0.39 is 0 Å². The minimum Gasteiger partial charge on any atom is -0.334 e. The molecule has 1 fully saturated rings. The fourth-order valence-corrected chi connectivity index (χ4v) is 2.66. The Morgan fingerprint density at radius 2 is 2.15 bits per heavy atom. The van der Waals surface area contributed by atoms with Gasteiger partial charge in [-0.2, -0.15) is 0 Å². The summed E-state index contributed by atoms with van der Waals surface area (Å²) in [5.74, 6) is 0.189. The fraction of sp³-hybridized carbons (Fsp3) is 0.375. The van der Waals surface area contributed by atoms with Crippen molar-refractivity contribution in [1.82, 2.24) is 15.2 Å². The van der Waals surface area contributed by atoms with E-state index in [1.165, 1.54) is 0 Å². The third-order valence-corrected chi connectivity index (χ3v) is 3.80. The molecule has 20 heavy (non-hydrogen) atoms. The standard InChI is InChI=1S/C16H19N3O/c1-2-14-16(20)19(10-9-17-14)11-13-8-7-12-5-3-4-6-15(12)18-13/h3-8,14,17H,2,9-11H2,1H3. The van der Waals surface area contributed by atoms with Gasteiger partial charge in [0.15, 0.2) is 0 Å². The molecule has 0 spiro atoms. The summed E-state index contributed by atoms with van der Waals surface area (Å²) in [5.41, 5.74) is 1.94. The SMILES string of the molecule is CCC1NCCN(Cc2ccc3ccccc3n2)C1=O. The second-order valence-electron chi connectivity index (χ2n) is 5.17. The molecule has 1 aliphatic rings. The lowest BCUT2D eigenvalue weighted by molar-refractivity contribution is -0.136. The largest absolute Gasteiger partial charge is 0.334 e. The molecule has 1 saturated heterocycles. The molecular weight excluding hydrogens is 250 g/mol. The van der Waals surface area contributed by atoms with Crippen LogP contribution in [0, 0.1) is 0 Å². The molecule has 0 bridgehead atoms. The van der Waals surface area contributed by atoms with Gasteiger partial charge in [0.2, 0.25) is 5.91 Å². The topological polar surface area (TPSA) is 45.2 Å². The first kappa shape index (κ1) is 13.1. The highest BCUT2D eigenvalue weighted by Gasteiger charge is 2.26. The molecule has 1 N–H and O–H groups in total. The Morgan fingerprint density at radius 3 is 3.00 bits per heavy atom. The minimum absolute atomic E-state index is 0.0378. The van der Waals surface area contributed by atoms with E-state index in [9.17, 15) is 4.79 Å². The number of para-hydroxylation sites is 1. The van der Waals surface area contributed by atoms with Crippen LogP contribution in [0.3, 0.4) is 0 Å². The number of benzene rings is 1. The van der Waals surface area contributed by atoms with E-state index in [0.29, 0.717) is 6.54 Å². The highest BCUT2D eigenvalue weighted by atomic mass is 16.2. The van der Waals surface area contributed by atoms with Crippen molar-refractivity contribution in [2.75, 3.05) is 13.1 Å². The summed E-state index contributed by atoms with van der Waals surface area (Å²) < 4.78 is 0. The number of aromatic nitrogens is 1. The fourth-order valence-electron chi connectivity index (χ4n) is 2.66. The number of carbonyl (C=O) groups excluding carboxylic acids is 1. The molecule has 1 amide bonds. The Kier molecular flexibility index (Phi) is 3.65. The Bertz CT molecular complexity index is 626. The molecule has 0 aliphatic carbocycles. The van der Waals surface area contributed by atoms with Gasteiger partial charge in [0, 0.05) is 18.5 Å². The first-order valence-electron chi connectivity index (χ1n) is 7.15. The number of carbonyl (C=O) groups is 1. The maximum absolute atomic E-state index is 12.3. The molecule has 4 nitrogen and oxygen atoms in total. The number of hydrogen-bond donors (Lipinski definition) is 1. The van der Waals surface area contributed by atoms with Crippen LogP contribution < -0.4 is 5.32 Å². The van der Waals surface area contributed by atoms with E-state index in [4.69, 9.17) is 0 Å². The molecule has 3 rings (SSSR count). The van der Waals surface area contributed by atoms with Crippen molar-refractivity contribution in [3.8, 4) is 0 Å². The molecule has 1 aliphatic heterocycles. The van der Waals surface area contributed by atoms with Gasteiger partial charge in [-0.1, -0.05) is 31.2 Å². The summed E-state index contributed by atoms with van der Waals surface area (Å²) in [7, 11) is 0. The summed E-state index contributed by atoms with van der Waals surface area (Å²) in [5, 5.41) is 4.39. The Morgan fingerprint density at radius 1 is 1.30 bits per heavy atom. The third kappa shape index (κ3) is 2.51. The van der Waals surface area contributed by atoms with Crippen LogP contribution in [-0.4, -0.2) is 34.9 Å². The maximum Gasteiger partial charge on any atom is 0.240 e. The highest BCUT2D eigenvalue weighted by molar-refractivity contribution is 5.82. The summed E-state index contributed by atoms with van der Waals surface area (Å²) in [6.45, 7) is 4.25. The Hall–Kier alpha value is -1.94. The minimum atomic E-state index is -0.0378. The number of nitrogens with one attached hydrogen (secondary N) is 1. The van der Waals surface area contributed by atoms with Gasteiger partial charge in [-0.3, -0.25) is 9.78 Å². The average molecular weight is 269 g/mol. The molecule has 104 valence electrons. The van der Waals surface area contributed by atoms with Crippen LogP contribution in [0.4, 0.5) is 0 Å². The van der Waals surface area contributed by atoms with Crippen LogP contribution in [0.2, 0.25) is 0 Å². The van der Waals surface area contributed by atoms with Gasteiger partial charge in [-0.15, -0.1) is 0 Å². The van der Waals surface area contributed by atoms with E-state index in [-0.39, 0.29) is 11.9 Å². The number of hydrogen-bond acceptors (Lipinski definition) is 3. The second kappa shape index (κ2) is 5.59. The van der Waals surface area contributed by atoms with Crippen molar-refractivity contribution in [3.63, 3.8) is 0 Å². The van der Waals surface area contributed by atoms with Crippen molar-refractivity contribution < 1.29 is 4.79 Å². The van der Waals surface area contributed by atoms with E-state index in [1.54, 1.807) is 0 Å². The Balaban J connectivity index is 1.80. The molecule has 2 aromatic rings. The number of pyridine rings is 1. The van der Waals surface area contributed by atoms with E-state index in [2.05, 4.69) is 22.4 Å². The predicted molar refractivity (Wildman–Crippen MR) is 79.2 cm³/mol. The van der Waals surface area contributed by atoms with Crippen LogP contribution >= 0.6 is 0 Å². The summed E-state index contributed by atoms with van der Waals surface area (Å²) in [4.78, 5) is 18.8. The van der Waals surface area contributed by atoms with Gasteiger partial charge in [0.1, 0.15) is 0 Å². The van der Waals surface area contributed by atoms with Gasteiger partial charge in [-0.05, 0) is 18.6 Å². The lowest BCUT2D eigenvalue weighted by atomic mass is 10.1. The monoisotopic (exact) mass is 269 g/mol. The lowest BCUT2D eigenvalue weighted by Gasteiger charge is -2.32. The van der Waals surface area contributed by atoms with E-state index >= 15 is 0 Å². The van der Waals surface area contributed by atoms with Gasteiger partial charge >= 0.3 is 0 Å². The zero-order valence-corrected chi connectivity index (χ0v) is 11.7. The van der Waals surface area contributed by atoms with Crippen molar-refractivity contribution in [2.45, 2.75) is 25.9 Å². The quantitative estimate of drug-likeness (QED) is 0.926. The zero-order chi connectivity index (χ0) is 13.9. The maximum atomic E-state index is 12.3. The van der Waals surface area contributed by atoms with Crippen LogP contribution in [0.25, 0.3) is 10.9 Å². The molecule has 1 atom stereocenters. The lowest BCUT2D eigenvalue weighted by Crippen LogP contribution is -2.54. The predicted octanol–water partition coefficient (Wildman–Crippen LogP) is 1.95. The number of piperazine rings is 1. The van der Waals surface area contributed by atoms with E-state index in [1.807, 2.05) is 36.1 Å². The first-order chi connectivity index (χ1) is 9.78. The van der Waals surface area contributed by atoms with Gasteiger partial charge < -0.3 is 10.2 Å². The van der Waals surface area contributed by atoms with Gasteiger partial charge in [-0.25, -0.2) is 0 Å². The van der Waals surface area contributed by atoms with E-state index in [0.717, 1.165) is 36.1 Å². The number of nitrogens with zero attached hydrogens (tertiary/aromatic N) is 2. The molecular formula is C16H19N3O. The van der Waals surface area contributed by atoms with Crippen LogP contribution in [0.5, 0.6) is 0 Å². The number of amides is 1. The van der Waals surface area contributed by atoms with Crippen molar-refractivity contribution in [2.24, 2.45) is 0 Å². The van der Waals surface area contributed by atoms with Gasteiger partial charge in [0.05, 0.1) is 23.8 Å². The first-order valence-corrected chi connectivity index (χ1v) is 7.15. The van der Waals surface area contributed by atoms with Crippen molar-refractivity contribution in [1.29, 1.82) is 0 Å². The normalized spacial score (nSPS) is 19.6. The smallest absolute Gasteiger partial charge is 0.240 e. The van der Waals surface area contributed by atoms with Crippen LogP contribution in [0.15, 0.2) is 36.4 Å². The molecule has 0 saturated carbocycles. The van der Waals surface area contributed by atoms with Crippen LogP contribution in [-0.2, 0) is 11.3 Å². The highest BCUT2D eigenvalue weighted by Crippen LogP contribution is 2.14. The molecule has 2 heterocycles. The molecule has 0 radical (unpaired) electrons. The van der Waals surface area contributed by atoms with Crippen molar-refractivity contribution in [3.05, 3.63) is 42.1 Å². The summed E-state index contributed by atoms with van der Waals surface area (Å²) >= 11 is 0. The third-order valence-electron chi connectivity index (χ3n) is 3.80. The second-order valence-corrected chi connectivity index (χ2v) is 5.17. The number of rotatable bonds is 3. The zero-order valence-electron chi connectivity index (χ0n) is 11.7. The summed E-state index contributed by atoms with van der Waals surface area (Å²) in [6.07, 6.45) is 0.834. The number of fused-ring (bicyclic) bond motifs is 1. The average Bonchev–Trinajstić information content (AvgIpc) is 2.49. The molecule has 1 unspecified atom stereocenters. The molecule has 1 aromatic carbocycles. The van der Waals surface area contributed by atoms with Gasteiger partial charge in [0.25, 0.3) is 0 Å². The molecule has 1 aromatic heterocycles. The molecule has 4 heteroatoms. The van der Waals surface area contributed by atoms with Crippen molar-refractivity contribution >= 4 is 16.8 Å². The summed E-state index contributed by atoms with van der Waals surface area (Å²) in [6, 6.07) is 12.1.